The lowest BCUT2D eigenvalue weighted by atomic mass is 9.80. The molecule has 0 atom stereocenters. The molecular weight excluding hydrogens is 158 g/mol. The van der Waals surface area contributed by atoms with Gasteiger partial charge in [0.15, 0.2) is 0 Å². The summed E-state index contributed by atoms with van der Waals surface area (Å²) in [5, 5.41) is 20.1. The highest BCUT2D eigenvalue weighted by Gasteiger charge is 2.35. The van der Waals surface area contributed by atoms with E-state index in [2.05, 4.69) is 0 Å². The molecule has 0 heterocycles. The highest BCUT2D eigenvalue weighted by atomic mass is 16.4. The molecule has 0 aromatic heterocycles. The van der Waals surface area contributed by atoms with Gasteiger partial charge in [-0.25, -0.2) is 0 Å². The van der Waals surface area contributed by atoms with Crippen molar-refractivity contribution in [1.29, 1.82) is 0 Å². The fraction of sp³-hybridized carbons (Fsp3) is 0.875. The molecule has 0 spiro atoms. The lowest BCUT2D eigenvalue weighted by Gasteiger charge is -2.36. The van der Waals surface area contributed by atoms with Crippen molar-refractivity contribution in [3.63, 3.8) is 0 Å². The zero-order valence-electron chi connectivity index (χ0n) is 8.42. The average Bonchev–Trinajstić information content (AvgIpc) is 1.84. The Hall–Kier alpha value is -0.610. The summed E-state index contributed by atoms with van der Waals surface area (Å²) in [5.41, 5.74) is -1.69. The molecule has 0 rings (SSSR count). The van der Waals surface area contributed by atoms with Gasteiger partial charge in [0.1, 0.15) is 5.60 Å². The number of carbonyl (C=O) groups excluding carboxylic acids is 1. The summed E-state index contributed by atoms with van der Waals surface area (Å²) in [7, 11) is 0. The zero-order chi connectivity index (χ0) is 9.23. The molecule has 0 fully saturated rings. The van der Waals surface area contributed by atoms with E-state index < -0.39 is 11.6 Å². The second-order valence-electron chi connectivity index (χ2n) is 3.42. The van der Waals surface area contributed by atoms with E-state index in [1.807, 2.05) is 0 Å². The molecule has 12 heavy (non-hydrogen) atoms. The van der Waals surface area contributed by atoms with Crippen LogP contribution < -0.4 is 11.3 Å². The first kappa shape index (κ1) is 13.9. The van der Waals surface area contributed by atoms with Gasteiger partial charge in [-0.1, -0.05) is 27.7 Å². The summed E-state index contributed by atoms with van der Waals surface area (Å²) in [6, 6.07) is 0. The van der Waals surface area contributed by atoms with Crippen LogP contribution in [0.15, 0.2) is 0 Å². The van der Waals surface area contributed by atoms with Crippen molar-refractivity contribution in [2.45, 2.75) is 33.3 Å². The van der Waals surface area contributed by atoms with Gasteiger partial charge in [-0.2, -0.15) is 0 Å². The minimum Gasteiger partial charge on any atom is -0.547 e. The van der Waals surface area contributed by atoms with Crippen LogP contribution in [-0.2, 0) is 4.79 Å². The maximum absolute atomic E-state index is 10.5. The first-order valence-corrected chi connectivity index (χ1v) is 3.77. The second-order valence-corrected chi connectivity index (χ2v) is 3.42. The van der Waals surface area contributed by atoms with E-state index in [0.717, 1.165) is 0 Å². The highest BCUT2D eigenvalue weighted by molar-refractivity contribution is 5.75. The molecule has 4 nitrogen and oxygen atoms in total. The van der Waals surface area contributed by atoms with Crippen LogP contribution in [0.1, 0.15) is 27.7 Å². The largest absolute Gasteiger partial charge is 0.547 e. The SMILES string of the molecule is CC(C)C(O)(C(=O)[O-])C(C)C.[NH4+]. The Morgan fingerprint density at radius 2 is 1.50 bits per heavy atom. The van der Waals surface area contributed by atoms with Gasteiger partial charge >= 0.3 is 0 Å². The summed E-state index contributed by atoms with van der Waals surface area (Å²) in [6.07, 6.45) is 0. The van der Waals surface area contributed by atoms with Crippen molar-refractivity contribution >= 4 is 5.97 Å². The molecule has 0 aliphatic heterocycles. The molecule has 74 valence electrons. The van der Waals surface area contributed by atoms with Gasteiger partial charge in [-0.05, 0) is 11.8 Å². The second kappa shape index (κ2) is 4.42. The fourth-order valence-corrected chi connectivity index (χ4v) is 1.14. The molecular formula is C8H19NO3. The normalized spacial score (nSPS) is 11.6. The predicted molar refractivity (Wildman–Crippen MR) is 45.6 cm³/mol. The van der Waals surface area contributed by atoms with E-state index in [-0.39, 0.29) is 18.0 Å². The summed E-state index contributed by atoms with van der Waals surface area (Å²) >= 11 is 0. The molecule has 0 bridgehead atoms. The van der Waals surface area contributed by atoms with E-state index in [1.165, 1.54) is 0 Å². The molecule has 0 amide bonds. The van der Waals surface area contributed by atoms with Crippen LogP contribution in [-0.4, -0.2) is 16.7 Å². The topological polar surface area (TPSA) is 96.9 Å². The number of aliphatic hydroxyl groups is 1. The van der Waals surface area contributed by atoms with E-state index in [0.29, 0.717) is 0 Å². The number of hydrogen-bond donors (Lipinski definition) is 2. The van der Waals surface area contributed by atoms with Crippen molar-refractivity contribution < 1.29 is 15.0 Å². The van der Waals surface area contributed by atoms with Gasteiger partial charge in [0.05, 0.1) is 5.97 Å². The predicted octanol–water partition coefficient (Wildman–Crippen LogP) is 0.156. The Bertz CT molecular complexity index is 146. The van der Waals surface area contributed by atoms with Crippen LogP contribution in [0.2, 0.25) is 0 Å². The number of quaternary nitrogens is 1. The number of rotatable bonds is 3. The molecule has 5 N–H and O–H groups in total. The van der Waals surface area contributed by atoms with E-state index >= 15 is 0 Å². The Morgan fingerprint density at radius 1 is 1.25 bits per heavy atom. The standard InChI is InChI=1S/C8H16O3.H3N/c1-5(2)8(11,6(3)4)7(9)10;/h5-6,11H,1-4H3,(H,9,10);1H3. The summed E-state index contributed by atoms with van der Waals surface area (Å²) in [6.45, 7) is 6.65. The van der Waals surface area contributed by atoms with Crippen LogP contribution in [0.3, 0.4) is 0 Å². The lowest BCUT2D eigenvalue weighted by molar-refractivity contribution is -0.331. The first-order chi connectivity index (χ1) is 4.83. The van der Waals surface area contributed by atoms with Gasteiger partial charge in [0.2, 0.25) is 0 Å². The minimum atomic E-state index is -1.69. The summed E-state index contributed by atoms with van der Waals surface area (Å²) < 4.78 is 0. The van der Waals surface area contributed by atoms with Crippen molar-refractivity contribution in [2.24, 2.45) is 11.8 Å². The van der Waals surface area contributed by atoms with Crippen LogP contribution in [0.25, 0.3) is 0 Å². The first-order valence-electron chi connectivity index (χ1n) is 3.77. The van der Waals surface area contributed by atoms with Gasteiger partial charge in [-0.3, -0.25) is 0 Å². The average molecular weight is 177 g/mol. The van der Waals surface area contributed by atoms with Gasteiger partial charge in [-0.15, -0.1) is 0 Å². The molecule has 0 saturated heterocycles. The Morgan fingerprint density at radius 3 is 1.50 bits per heavy atom. The smallest absolute Gasteiger partial charge is 0.108 e. The van der Waals surface area contributed by atoms with Crippen molar-refractivity contribution in [3.05, 3.63) is 0 Å². The van der Waals surface area contributed by atoms with Gasteiger partial charge in [0, 0.05) is 0 Å². The monoisotopic (exact) mass is 177 g/mol. The maximum atomic E-state index is 10.5. The van der Waals surface area contributed by atoms with Crippen LogP contribution >= 0.6 is 0 Å². The van der Waals surface area contributed by atoms with Gasteiger partial charge in [0.25, 0.3) is 0 Å². The molecule has 4 heteroatoms. The third kappa shape index (κ3) is 2.19. The molecule has 0 aliphatic carbocycles. The van der Waals surface area contributed by atoms with Crippen molar-refractivity contribution in [2.75, 3.05) is 0 Å². The van der Waals surface area contributed by atoms with Crippen LogP contribution in [0, 0.1) is 11.8 Å². The molecule has 0 unspecified atom stereocenters. The lowest BCUT2D eigenvalue weighted by Crippen LogP contribution is -2.55. The van der Waals surface area contributed by atoms with Gasteiger partial charge < -0.3 is 21.2 Å². The van der Waals surface area contributed by atoms with Crippen molar-refractivity contribution in [1.82, 2.24) is 6.15 Å². The Labute approximate surface area is 73.2 Å². The summed E-state index contributed by atoms with van der Waals surface area (Å²) in [5.74, 6) is -2.04. The number of carbonyl (C=O) groups is 1. The highest BCUT2D eigenvalue weighted by Crippen LogP contribution is 2.24. The van der Waals surface area contributed by atoms with Crippen LogP contribution in [0.4, 0.5) is 0 Å². The minimum absolute atomic E-state index is 0. The maximum Gasteiger partial charge on any atom is 0.108 e. The molecule has 0 aromatic rings. The third-order valence-electron chi connectivity index (χ3n) is 2.09. The molecule has 0 aromatic carbocycles. The quantitative estimate of drug-likeness (QED) is 0.642. The van der Waals surface area contributed by atoms with E-state index in [4.69, 9.17) is 0 Å². The number of carboxylic acid groups (broad SMARTS) is 1. The van der Waals surface area contributed by atoms with E-state index in [1.54, 1.807) is 27.7 Å². The third-order valence-corrected chi connectivity index (χ3v) is 2.09. The zero-order valence-corrected chi connectivity index (χ0v) is 8.42. The van der Waals surface area contributed by atoms with Crippen molar-refractivity contribution in [3.8, 4) is 0 Å². The molecule has 0 radical (unpaired) electrons. The Kier molecular flexibility index (Phi) is 5.14. The number of aliphatic carboxylic acids is 1. The molecule has 0 saturated carbocycles. The number of hydrogen-bond acceptors (Lipinski definition) is 3. The van der Waals surface area contributed by atoms with Crippen LogP contribution in [0.5, 0.6) is 0 Å². The Balaban J connectivity index is 0. The van der Waals surface area contributed by atoms with E-state index in [9.17, 15) is 15.0 Å². The number of carboxylic acids is 1. The fourth-order valence-electron chi connectivity index (χ4n) is 1.14. The summed E-state index contributed by atoms with van der Waals surface area (Å²) in [4.78, 5) is 10.5. The molecule has 0 aliphatic rings.